The topological polar surface area (TPSA) is 74.0 Å². The molecule has 1 heterocycles. The van der Waals surface area contributed by atoms with Crippen LogP contribution in [0.4, 0.5) is 0 Å². The molecule has 0 spiro atoms. The van der Waals surface area contributed by atoms with E-state index in [0.29, 0.717) is 10.6 Å². The minimum absolute atomic E-state index is 0.0556. The lowest BCUT2D eigenvalue weighted by Gasteiger charge is -2.09. The number of carboxylic acid groups (broad SMARTS) is 1. The van der Waals surface area contributed by atoms with E-state index in [2.05, 4.69) is 11.1 Å². The fourth-order valence-corrected chi connectivity index (χ4v) is 2.95. The Morgan fingerprint density at radius 1 is 1.53 bits per heavy atom. The molecule has 0 aliphatic heterocycles. The molecule has 1 aromatic heterocycles. The summed E-state index contributed by atoms with van der Waals surface area (Å²) in [6.07, 6.45) is 2.94. The van der Waals surface area contributed by atoms with E-state index in [1.807, 2.05) is 6.92 Å². The average Bonchev–Trinajstić information content (AvgIpc) is 2.76. The Balaban J connectivity index is 2.43. The highest BCUT2D eigenvalue weighted by Crippen LogP contribution is 2.32. The molecule has 17 heavy (non-hydrogen) atoms. The van der Waals surface area contributed by atoms with Crippen molar-refractivity contribution in [2.24, 2.45) is 0 Å². The predicted octanol–water partition coefficient (Wildman–Crippen LogP) is 1.93. The molecule has 1 aromatic rings. The molecule has 1 aliphatic rings. The zero-order valence-corrected chi connectivity index (χ0v) is 10.3. The van der Waals surface area contributed by atoms with Crippen LogP contribution in [-0.2, 0) is 17.6 Å². The van der Waals surface area contributed by atoms with Gasteiger partial charge in [0.2, 0.25) is 0 Å². The van der Waals surface area contributed by atoms with E-state index in [0.717, 1.165) is 42.3 Å². The monoisotopic (exact) mass is 248 g/mol. The number of hydrogen-bond donors (Lipinski definition) is 1. The zero-order valence-electron chi connectivity index (χ0n) is 9.49. The molecule has 0 amide bonds. The second kappa shape index (κ2) is 4.76. The number of fused-ring (bicyclic) bond motifs is 1. The highest BCUT2D eigenvalue weighted by molar-refractivity contribution is 7.99. The standard InChI is InChI=1S/C12H12N2O2S/c1-7-8-3-2-4-9(8)10(5-13)12(14-7)17-6-11(15)16/h2-4,6H2,1H3,(H,15,16). The van der Waals surface area contributed by atoms with Gasteiger partial charge in [-0.3, -0.25) is 4.79 Å². The molecule has 88 valence electrons. The van der Waals surface area contributed by atoms with E-state index >= 15 is 0 Å². The number of nitrogens with zero attached hydrogens (tertiary/aromatic N) is 2. The van der Waals surface area contributed by atoms with Crippen LogP contribution in [0.25, 0.3) is 0 Å². The average molecular weight is 248 g/mol. The Hall–Kier alpha value is -1.54. The molecule has 2 rings (SSSR count). The molecule has 0 fully saturated rings. The van der Waals surface area contributed by atoms with Gasteiger partial charge in [0.25, 0.3) is 0 Å². The van der Waals surface area contributed by atoms with Crippen molar-refractivity contribution in [3.8, 4) is 6.07 Å². The highest BCUT2D eigenvalue weighted by atomic mass is 32.2. The second-order valence-electron chi connectivity index (χ2n) is 3.98. The highest BCUT2D eigenvalue weighted by Gasteiger charge is 2.22. The summed E-state index contributed by atoms with van der Waals surface area (Å²) in [5, 5.41) is 18.4. The fraction of sp³-hybridized carbons (Fsp3) is 0.417. The van der Waals surface area contributed by atoms with Gasteiger partial charge in [-0.2, -0.15) is 5.26 Å². The Morgan fingerprint density at radius 2 is 2.24 bits per heavy atom. The molecule has 0 bridgehead atoms. The van der Waals surface area contributed by atoms with Gasteiger partial charge >= 0.3 is 5.97 Å². The minimum Gasteiger partial charge on any atom is -0.481 e. The smallest absolute Gasteiger partial charge is 0.313 e. The Morgan fingerprint density at radius 3 is 2.88 bits per heavy atom. The van der Waals surface area contributed by atoms with Crippen LogP contribution in [0, 0.1) is 18.3 Å². The zero-order chi connectivity index (χ0) is 12.4. The summed E-state index contributed by atoms with van der Waals surface area (Å²) in [4.78, 5) is 14.9. The van der Waals surface area contributed by atoms with Crippen LogP contribution >= 0.6 is 11.8 Å². The van der Waals surface area contributed by atoms with Crippen molar-refractivity contribution in [2.75, 3.05) is 5.75 Å². The number of carboxylic acids is 1. The van der Waals surface area contributed by atoms with Crippen molar-refractivity contribution >= 4 is 17.7 Å². The largest absolute Gasteiger partial charge is 0.481 e. The molecule has 0 unspecified atom stereocenters. The van der Waals surface area contributed by atoms with E-state index < -0.39 is 5.97 Å². The first-order valence-electron chi connectivity index (χ1n) is 5.40. The van der Waals surface area contributed by atoms with Gasteiger partial charge in [0.15, 0.2) is 0 Å². The third-order valence-electron chi connectivity index (χ3n) is 2.88. The lowest BCUT2D eigenvalue weighted by Crippen LogP contribution is -2.03. The molecule has 5 heteroatoms. The van der Waals surface area contributed by atoms with Crippen molar-refractivity contribution in [2.45, 2.75) is 31.2 Å². The van der Waals surface area contributed by atoms with E-state index in [-0.39, 0.29) is 5.75 Å². The third kappa shape index (κ3) is 2.27. The molecule has 1 aliphatic carbocycles. The number of aromatic nitrogens is 1. The molecule has 4 nitrogen and oxygen atoms in total. The lowest BCUT2D eigenvalue weighted by atomic mass is 10.1. The first-order chi connectivity index (χ1) is 8.13. The maximum absolute atomic E-state index is 10.6. The number of aryl methyl sites for hydroxylation is 1. The van der Waals surface area contributed by atoms with Gasteiger partial charge in [0.1, 0.15) is 11.1 Å². The summed E-state index contributed by atoms with van der Waals surface area (Å²) in [5.41, 5.74) is 3.77. The SMILES string of the molecule is Cc1nc(SCC(=O)O)c(C#N)c2c1CCC2. The normalized spacial score (nSPS) is 13.2. The van der Waals surface area contributed by atoms with E-state index in [1.54, 1.807) is 0 Å². The number of aliphatic carboxylic acids is 1. The van der Waals surface area contributed by atoms with Crippen molar-refractivity contribution in [1.82, 2.24) is 4.98 Å². The molecule has 0 saturated carbocycles. The van der Waals surface area contributed by atoms with E-state index in [9.17, 15) is 10.1 Å². The Kier molecular flexibility index (Phi) is 3.34. The first kappa shape index (κ1) is 11.9. The maximum Gasteiger partial charge on any atom is 0.313 e. The van der Waals surface area contributed by atoms with Gasteiger partial charge in [-0.1, -0.05) is 11.8 Å². The molecule has 0 saturated heterocycles. The number of carbonyl (C=O) groups is 1. The van der Waals surface area contributed by atoms with Gasteiger partial charge < -0.3 is 5.11 Å². The number of nitriles is 1. The summed E-state index contributed by atoms with van der Waals surface area (Å²) in [5.74, 6) is -0.946. The van der Waals surface area contributed by atoms with Crippen LogP contribution in [0.5, 0.6) is 0 Å². The number of hydrogen-bond acceptors (Lipinski definition) is 4. The van der Waals surface area contributed by atoms with Crippen molar-refractivity contribution in [1.29, 1.82) is 5.26 Å². The molecule has 0 aromatic carbocycles. The van der Waals surface area contributed by atoms with Crippen LogP contribution in [0.1, 0.15) is 28.8 Å². The maximum atomic E-state index is 10.6. The first-order valence-corrected chi connectivity index (χ1v) is 6.39. The van der Waals surface area contributed by atoms with Crippen molar-refractivity contribution in [3.05, 3.63) is 22.4 Å². The fourth-order valence-electron chi connectivity index (χ4n) is 2.17. The second-order valence-corrected chi connectivity index (χ2v) is 4.95. The van der Waals surface area contributed by atoms with Gasteiger partial charge in [-0.15, -0.1) is 0 Å². The minimum atomic E-state index is -0.890. The molecule has 0 radical (unpaired) electrons. The predicted molar refractivity (Wildman–Crippen MR) is 64.1 cm³/mol. The molecule has 0 atom stereocenters. The molecular formula is C12H12N2O2S. The Labute approximate surface area is 104 Å². The van der Waals surface area contributed by atoms with E-state index in [4.69, 9.17) is 5.11 Å². The van der Waals surface area contributed by atoms with Gasteiger partial charge in [0, 0.05) is 5.69 Å². The van der Waals surface area contributed by atoms with Gasteiger partial charge in [-0.25, -0.2) is 4.98 Å². The van der Waals surface area contributed by atoms with Crippen LogP contribution in [0.2, 0.25) is 0 Å². The quantitative estimate of drug-likeness (QED) is 0.827. The summed E-state index contributed by atoms with van der Waals surface area (Å²) < 4.78 is 0. The van der Waals surface area contributed by atoms with Crippen LogP contribution in [-0.4, -0.2) is 21.8 Å². The number of pyridine rings is 1. The summed E-state index contributed by atoms with van der Waals surface area (Å²) >= 11 is 1.13. The van der Waals surface area contributed by atoms with Crippen molar-refractivity contribution in [3.63, 3.8) is 0 Å². The van der Waals surface area contributed by atoms with Gasteiger partial charge in [0.05, 0.1) is 11.3 Å². The van der Waals surface area contributed by atoms with Crippen LogP contribution in [0.15, 0.2) is 5.03 Å². The number of rotatable bonds is 3. The van der Waals surface area contributed by atoms with E-state index in [1.165, 1.54) is 5.56 Å². The number of thioether (sulfide) groups is 1. The summed E-state index contributed by atoms with van der Waals surface area (Å²) in [6, 6.07) is 2.17. The summed E-state index contributed by atoms with van der Waals surface area (Å²) in [6.45, 7) is 1.93. The molecular weight excluding hydrogens is 236 g/mol. The summed E-state index contributed by atoms with van der Waals surface area (Å²) in [7, 11) is 0. The van der Waals surface area contributed by atoms with Crippen LogP contribution < -0.4 is 0 Å². The lowest BCUT2D eigenvalue weighted by molar-refractivity contribution is -0.133. The Bertz CT molecular complexity index is 520. The van der Waals surface area contributed by atoms with Gasteiger partial charge in [-0.05, 0) is 37.3 Å². The third-order valence-corrected chi connectivity index (χ3v) is 3.84. The van der Waals surface area contributed by atoms with Crippen molar-refractivity contribution < 1.29 is 9.90 Å². The van der Waals surface area contributed by atoms with Crippen LogP contribution in [0.3, 0.4) is 0 Å². The molecule has 1 N–H and O–H groups in total.